The van der Waals surface area contributed by atoms with Gasteiger partial charge in [0.25, 0.3) is 17.5 Å². The zero-order chi connectivity index (χ0) is 29.1. The summed E-state index contributed by atoms with van der Waals surface area (Å²) in [5.41, 5.74) is 1.24. The number of nitrogens with zero attached hydrogens (tertiary/aromatic N) is 3. The molecule has 0 saturated heterocycles. The SMILES string of the molecule is C[C@H](c1ccc(Cl)cc1)N1C(=O)c2cc(I)ccc2N(CCCCC(=O)O)C(=O)[C@@H]1c1ccc(Cl)c([N+](=O)[O-])c1. The molecule has 3 aromatic carbocycles. The van der Waals surface area contributed by atoms with Crippen molar-refractivity contribution in [2.75, 3.05) is 11.4 Å². The van der Waals surface area contributed by atoms with Crippen LogP contribution in [0.2, 0.25) is 10.0 Å². The molecule has 40 heavy (non-hydrogen) atoms. The lowest BCUT2D eigenvalue weighted by molar-refractivity contribution is -0.384. The van der Waals surface area contributed by atoms with E-state index in [-0.39, 0.29) is 29.2 Å². The number of aliphatic carboxylic acids is 1. The smallest absolute Gasteiger partial charge is 0.303 e. The Morgan fingerprint density at radius 1 is 1.07 bits per heavy atom. The zero-order valence-corrected chi connectivity index (χ0v) is 24.9. The fraction of sp³-hybridized carbons (Fsp3) is 0.250. The second-order valence-corrected chi connectivity index (χ2v) is 11.4. The Morgan fingerprint density at radius 3 is 2.42 bits per heavy atom. The third-order valence-corrected chi connectivity index (χ3v) is 8.01. The van der Waals surface area contributed by atoms with Crippen LogP contribution in [0.15, 0.2) is 60.7 Å². The predicted octanol–water partition coefficient (Wildman–Crippen LogP) is 7.05. The molecule has 1 N–H and O–H groups in total. The van der Waals surface area contributed by atoms with Crippen molar-refractivity contribution < 1.29 is 24.4 Å². The van der Waals surface area contributed by atoms with Crippen LogP contribution in [-0.2, 0) is 9.59 Å². The molecule has 0 unspecified atom stereocenters. The number of halogens is 3. The number of carbonyl (C=O) groups is 3. The molecule has 1 aliphatic heterocycles. The van der Waals surface area contributed by atoms with Crippen LogP contribution in [0.5, 0.6) is 0 Å². The number of carboxylic acids is 1. The second kappa shape index (κ2) is 12.5. The average molecular weight is 696 g/mol. The molecule has 9 nitrogen and oxygen atoms in total. The van der Waals surface area contributed by atoms with Crippen molar-refractivity contribution in [3.8, 4) is 0 Å². The van der Waals surface area contributed by atoms with Gasteiger partial charge in [-0.15, -0.1) is 0 Å². The number of nitro groups is 1. The van der Waals surface area contributed by atoms with Gasteiger partial charge in [-0.3, -0.25) is 24.5 Å². The van der Waals surface area contributed by atoms with Crippen molar-refractivity contribution in [1.82, 2.24) is 4.90 Å². The number of nitro benzene ring substituents is 1. The maximum Gasteiger partial charge on any atom is 0.303 e. The summed E-state index contributed by atoms with van der Waals surface area (Å²) in [5.74, 6) is -1.84. The van der Waals surface area contributed by atoms with Crippen molar-refractivity contribution in [2.45, 2.75) is 38.3 Å². The van der Waals surface area contributed by atoms with E-state index in [2.05, 4.69) is 22.6 Å². The molecule has 2 atom stereocenters. The van der Waals surface area contributed by atoms with Crippen LogP contribution >= 0.6 is 45.8 Å². The summed E-state index contributed by atoms with van der Waals surface area (Å²) >= 11 is 14.3. The largest absolute Gasteiger partial charge is 0.481 e. The fourth-order valence-electron chi connectivity index (χ4n) is 4.78. The highest BCUT2D eigenvalue weighted by molar-refractivity contribution is 14.1. The van der Waals surface area contributed by atoms with Gasteiger partial charge in [0.1, 0.15) is 11.1 Å². The summed E-state index contributed by atoms with van der Waals surface area (Å²) in [7, 11) is 0. The molecule has 2 amide bonds. The number of fused-ring (bicyclic) bond motifs is 1. The topological polar surface area (TPSA) is 121 Å². The summed E-state index contributed by atoms with van der Waals surface area (Å²) < 4.78 is 0.780. The lowest BCUT2D eigenvalue weighted by atomic mass is 9.98. The van der Waals surface area contributed by atoms with E-state index in [1.807, 2.05) is 0 Å². The van der Waals surface area contributed by atoms with Crippen LogP contribution in [-0.4, -0.2) is 39.3 Å². The van der Waals surface area contributed by atoms with Crippen molar-refractivity contribution in [3.05, 3.63) is 101 Å². The second-order valence-electron chi connectivity index (χ2n) is 9.31. The Labute approximate surface area is 254 Å². The first-order valence-electron chi connectivity index (χ1n) is 12.3. The van der Waals surface area contributed by atoms with Gasteiger partial charge < -0.3 is 14.9 Å². The number of hydrogen-bond donors (Lipinski definition) is 1. The van der Waals surface area contributed by atoms with Gasteiger partial charge >= 0.3 is 5.97 Å². The Balaban J connectivity index is 1.91. The van der Waals surface area contributed by atoms with E-state index in [9.17, 15) is 24.5 Å². The standard InChI is InChI=1S/C28H24Cl2IN3O6/c1-16(17-5-8-19(29)9-6-17)33-26(18-7-11-22(30)24(14-18)34(39)40)28(38)32(13-3-2-4-25(35)36)23-12-10-20(31)15-21(23)27(33)37/h5-12,14-16,26H,2-4,13H2,1H3,(H,35,36)/t16-,26+/m1/s1. The maximum atomic E-state index is 14.4. The van der Waals surface area contributed by atoms with Gasteiger partial charge in [-0.2, -0.15) is 0 Å². The molecular weight excluding hydrogens is 672 g/mol. The number of carbonyl (C=O) groups excluding carboxylic acids is 2. The number of unbranched alkanes of at least 4 members (excludes halogenated alkanes) is 1. The van der Waals surface area contributed by atoms with E-state index in [1.54, 1.807) is 49.4 Å². The molecule has 0 aliphatic carbocycles. The van der Waals surface area contributed by atoms with E-state index in [0.29, 0.717) is 34.7 Å². The van der Waals surface area contributed by atoms with Crippen LogP contribution in [0.4, 0.5) is 11.4 Å². The molecule has 0 spiro atoms. The van der Waals surface area contributed by atoms with Crippen molar-refractivity contribution in [1.29, 1.82) is 0 Å². The van der Waals surface area contributed by atoms with E-state index < -0.39 is 34.8 Å². The van der Waals surface area contributed by atoms with Gasteiger partial charge in [-0.05, 0) is 89.9 Å². The van der Waals surface area contributed by atoms with Crippen molar-refractivity contribution in [2.24, 2.45) is 0 Å². The van der Waals surface area contributed by atoms with Gasteiger partial charge in [-0.1, -0.05) is 41.4 Å². The summed E-state index contributed by atoms with van der Waals surface area (Å²) in [6.45, 7) is 1.93. The van der Waals surface area contributed by atoms with Gasteiger partial charge in [0, 0.05) is 27.6 Å². The molecule has 0 bridgehead atoms. The zero-order valence-electron chi connectivity index (χ0n) is 21.2. The van der Waals surface area contributed by atoms with E-state index in [0.717, 1.165) is 3.57 Å². The van der Waals surface area contributed by atoms with E-state index in [4.69, 9.17) is 28.3 Å². The number of hydrogen-bond acceptors (Lipinski definition) is 5. The third kappa shape index (κ3) is 6.24. The Kier molecular flexibility index (Phi) is 9.32. The number of benzene rings is 3. The monoisotopic (exact) mass is 695 g/mol. The van der Waals surface area contributed by atoms with Crippen molar-refractivity contribution >= 4 is 75.0 Å². The molecule has 4 rings (SSSR count). The lowest BCUT2D eigenvalue weighted by Gasteiger charge is -2.36. The number of rotatable bonds is 9. The van der Waals surface area contributed by atoms with Crippen LogP contribution in [0.25, 0.3) is 0 Å². The van der Waals surface area contributed by atoms with Crippen LogP contribution in [0.3, 0.4) is 0 Å². The average Bonchev–Trinajstić information content (AvgIpc) is 2.99. The number of carboxylic acid groups (broad SMARTS) is 1. The molecule has 3 aromatic rings. The number of amides is 2. The van der Waals surface area contributed by atoms with Crippen molar-refractivity contribution in [3.63, 3.8) is 0 Å². The van der Waals surface area contributed by atoms with Crippen LogP contribution in [0, 0.1) is 13.7 Å². The van der Waals surface area contributed by atoms with Crippen LogP contribution in [0.1, 0.15) is 59.8 Å². The van der Waals surface area contributed by atoms with Gasteiger partial charge in [0.05, 0.1) is 22.2 Å². The summed E-state index contributed by atoms with van der Waals surface area (Å²) in [6, 6.07) is 14.3. The minimum Gasteiger partial charge on any atom is -0.481 e. The molecule has 1 heterocycles. The maximum absolute atomic E-state index is 14.4. The third-order valence-electron chi connectivity index (χ3n) is 6.77. The molecule has 0 fully saturated rings. The first-order chi connectivity index (χ1) is 19.0. The minimum absolute atomic E-state index is 0.0625. The normalized spacial score (nSPS) is 15.9. The highest BCUT2D eigenvalue weighted by Crippen LogP contribution is 2.41. The highest BCUT2D eigenvalue weighted by Gasteiger charge is 2.43. The Morgan fingerprint density at radius 2 is 1.77 bits per heavy atom. The number of anilines is 1. The molecule has 12 heteroatoms. The Bertz CT molecular complexity index is 1480. The summed E-state index contributed by atoms with van der Waals surface area (Å²) in [5, 5.41) is 21.2. The highest BCUT2D eigenvalue weighted by atomic mass is 127. The molecule has 1 aliphatic rings. The lowest BCUT2D eigenvalue weighted by Crippen LogP contribution is -2.44. The first-order valence-corrected chi connectivity index (χ1v) is 14.2. The summed E-state index contributed by atoms with van der Waals surface area (Å²) in [4.78, 5) is 53.8. The summed E-state index contributed by atoms with van der Waals surface area (Å²) in [6.07, 6.45) is 0.639. The van der Waals surface area contributed by atoms with Gasteiger partial charge in [-0.25, -0.2) is 0 Å². The molecule has 208 valence electrons. The molecule has 0 radical (unpaired) electrons. The van der Waals surface area contributed by atoms with Gasteiger partial charge in [0.15, 0.2) is 0 Å². The fourth-order valence-corrected chi connectivity index (χ4v) is 5.58. The first kappa shape index (κ1) is 29.8. The Hall–Kier alpha value is -3.22. The van der Waals surface area contributed by atoms with E-state index >= 15 is 0 Å². The molecule has 0 saturated carbocycles. The quantitative estimate of drug-likeness (QED) is 0.111. The molecular formula is C28H24Cl2IN3O6. The molecule has 0 aromatic heterocycles. The minimum atomic E-state index is -1.24. The predicted molar refractivity (Wildman–Crippen MR) is 160 cm³/mol. The van der Waals surface area contributed by atoms with Gasteiger partial charge in [0.2, 0.25) is 0 Å². The van der Waals surface area contributed by atoms with E-state index in [1.165, 1.54) is 28.0 Å². The van der Waals surface area contributed by atoms with Crippen LogP contribution < -0.4 is 4.90 Å².